The van der Waals surface area contributed by atoms with E-state index >= 15 is 0 Å². The van der Waals surface area contributed by atoms with Gasteiger partial charge in [-0.25, -0.2) is 4.98 Å². The van der Waals surface area contributed by atoms with Crippen LogP contribution in [0.5, 0.6) is 0 Å². The zero-order chi connectivity index (χ0) is 23.5. The van der Waals surface area contributed by atoms with Crippen molar-refractivity contribution in [2.45, 2.75) is 24.7 Å². The van der Waals surface area contributed by atoms with Crippen molar-refractivity contribution in [2.24, 2.45) is 5.73 Å². The van der Waals surface area contributed by atoms with E-state index in [1.54, 1.807) is 6.07 Å². The van der Waals surface area contributed by atoms with Gasteiger partial charge in [0, 0.05) is 0 Å². The second-order valence-electron chi connectivity index (χ2n) is 8.41. The van der Waals surface area contributed by atoms with Crippen molar-refractivity contribution in [1.82, 2.24) is 4.98 Å². The lowest BCUT2D eigenvalue weighted by Crippen LogP contribution is -2.23. The molecule has 168 valence electrons. The van der Waals surface area contributed by atoms with Crippen LogP contribution in [0, 0.1) is 0 Å². The fraction of sp³-hybridized carbons (Fsp3) is 0.138. The number of fused-ring (bicyclic) bond motifs is 2. The van der Waals surface area contributed by atoms with E-state index in [9.17, 15) is 9.59 Å². The first-order chi connectivity index (χ1) is 16.6. The Balaban J connectivity index is 1.48. The van der Waals surface area contributed by atoms with Gasteiger partial charge in [-0.1, -0.05) is 84.9 Å². The Morgan fingerprint density at radius 3 is 2.24 bits per heavy atom. The molecular formula is C29H24N2O3. The molecule has 2 atom stereocenters. The minimum Gasteiger partial charge on any atom is -0.434 e. The lowest BCUT2D eigenvalue weighted by atomic mass is 9.83. The zero-order valence-electron chi connectivity index (χ0n) is 18.6. The number of aromatic nitrogens is 1. The first-order valence-corrected chi connectivity index (χ1v) is 11.3. The van der Waals surface area contributed by atoms with Gasteiger partial charge in [-0.05, 0) is 46.9 Å². The van der Waals surface area contributed by atoms with Gasteiger partial charge in [-0.3, -0.25) is 9.59 Å². The summed E-state index contributed by atoms with van der Waals surface area (Å²) in [6, 6.07) is 30.7. The number of nitrogens with zero attached hydrogens (tertiary/aromatic N) is 1. The van der Waals surface area contributed by atoms with Crippen LogP contribution in [0.3, 0.4) is 0 Å². The van der Waals surface area contributed by atoms with Gasteiger partial charge in [0.15, 0.2) is 5.58 Å². The monoisotopic (exact) mass is 448 g/mol. The van der Waals surface area contributed by atoms with E-state index in [0.717, 1.165) is 21.9 Å². The van der Waals surface area contributed by atoms with Gasteiger partial charge >= 0.3 is 0 Å². The van der Waals surface area contributed by atoms with E-state index < -0.39 is 17.7 Å². The van der Waals surface area contributed by atoms with Gasteiger partial charge in [0.25, 0.3) is 5.89 Å². The van der Waals surface area contributed by atoms with Crippen LogP contribution in [0.1, 0.15) is 46.5 Å². The maximum atomic E-state index is 13.6. The molecule has 0 saturated heterocycles. The molecule has 0 aliphatic rings. The maximum Gasteiger partial charge on any atom is 0.264 e. The molecular weight excluding hydrogens is 424 g/mol. The molecule has 0 aliphatic heterocycles. The molecule has 0 saturated carbocycles. The van der Waals surface area contributed by atoms with E-state index in [2.05, 4.69) is 4.98 Å². The molecule has 1 heterocycles. The summed E-state index contributed by atoms with van der Waals surface area (Å²) < 4.78 is 5.78. The number of ketones is 1. The normalized spacial score (nSPS) is 13.1. The number of hydrogen-bond donors (Lipinski definition) is 1. The number of benzene rings is 4. The third-order valence-corrected chi connectivity index (χ3v) is 6.31. The fourth-order valence-electron chi connectivity index (χ4n) is 4.60. The van der Waals surface area contributed by atoms with E-state index in [-0.39, 0.29) is 11.7 Å². The molecule has 5 rings (SSSR count). The van der Waals surface area contributed by atoms with Crippen LogP contribution < -0.4 is 5.73 Å². The highest BCUT2D eigenvalue weighted by molar-refractivity contribution is 5.99. The van der Waals surface area contributed by atoms with E-state index in [1.807, 2.05) is 91.0 Å². The second kappa shape index (κ2) is 9.32. The molecule has 4 aromatic carbocycles. The molecule has 5 aromatic rings. The van der Waals surface area contributed by atoms with Gasteiger partial charge in [0.1, 0.15) is 5.52 Å². The Hall–Kier alpha value is -4.25. The summed E-state index contributed by atoms with van der Waals surface area (Å²) in [7, 11) is 0. The van der Waals surface area contributed by atoms with Crippen LogP contribution in [0.25, 0.3) is 21.9 Å². The van der Waals surface area contributed by atoms with Gasteiger partial charge in [-0.15, -0.1) is 0 Å². The van der Waals surface area contributed by atoms with Gasteiger partial charge < -0.3 is 10.2 Å². The van der Waals surface area contributed by atoms with Crippen LogP contribution >= 0.6 is 0 Å². The molecule has 34 heavy (non-hydrogen) atoms. The van der Waals surface area contributed by atoms with Crippen molar-refractivity contribution in [2.75, 3.05) is 0 Å². The number of primary amides is 1. The van der Waals surface area contributed by atoms with E-state index in [1.165, 1.54) is 0 Å². The van der Waals surface area contributed by atoms with Crippen LogP contribution in [-0.4, -0.2) is 16.7 Å². The second-order valence-corrected chi connectivity index (χ2v) is 8.41. The summed E-state index contributed by atoms with van der Waals surface area (Å²) in [5.41, 5.74) is 8.82. The topological polar surface area (TPSA) is 86.2 Å². The number of Topliss-reactive ketones (excluding diaryl/α,β-unsaturated/α-hetero) is 1. The first-order valence-electron chi connectivity index (χ1n) is 11.3. The summed E-state index contributed by atoms with van der Waals surface area (Å²) in [4.78, 5) is 30.5. The molecule has 1 aromatic heterocycles. The molecule has 0 radical (unpaired) electrons. The smallest absolute Gasteiger partial charge is 0.264 e. The quantitative estimate of drug-likeness (QED) is 0.295. The summed E-state index contributed by atoms with van der Waals surface area (Å²) in [6.45, 7) is 0. The van der Waals surface area contributed by atoms with Crippen LogP contribution in [-0.2, 0) is 4.79 Å². The molecule has 0 bridgehead atoms. The number of rotatable bonds is 8. The number of nitrogens with two attached hydrogens (primary N) is 1. The Bertz CT molecular complexity index is 1430. The molecule has 5 nitrogen and oxygen atoms in total. The van der Waals surface area contributed by atoms with Crippen LogP contribution in [0.4, 0.5) is 0 Å². The Labute approximate surface area is 197 Å². The number of carbonyl (C=O) groups excluding carboxylic acids is 2. The number of oxazole rings is 1. The van der Waals surface area contributed by atoms with Crippen molar-refractivity contribution in [1.29, 1.82) is 0 Å². The molecule has 0 fully saturated rings. The van der Waals surface area contributed by atoms with Gasteiger partial charge in [0.05, 0.1) is 11.8 Å². The van der Waals surface area contributed by atoms with Crippen LogP contribution in [0.2, 0.25) is 0 Å². The van der Waals surface area contributed by atoms with Gasteiger partial charge in [0.2, 0.25) is 11.7 Å². The first kappa shape index (κ1) is 21.6. The lowest BCUT2D eigenvalue weighted by molar-refractivity contribution is -0.119. The number of amides is 1. The number of para-hydroxylation sites is 2. The summed E-state index contributed by atoms with van der Waals surface area (Å²) >= 11 is 0. The van der Waals surface area contributed by atoms with E-state index in [0.29, 0.717) is 23.9 Å². The predicted octanol–water partition coefficient (Wildman–Crippen LogP) is 6.00. The Morgan fingerprint density at radius 2 is 1.44 bits per heavy atom. The highest BCUT2D eigenvalue weighted by atomic mass is 16.4. The van der Waals surface area contributed by atoms with E-state index in [4.69, 9.17) is 10.2 Å². The highest BCUT2D eigenvalue weighted by Crippen LogP contribution is 2.34. The van der Waals surface area contributed by atoms with Crippen molar-refractivity contribution in [3.8, 4) is 0 Å². The standard InChI is InChI=1S/C29H24N2O3/c30-28(33)24(23-14-8-12-19-11-4-5-13-21(19)23)18-17-22(20-9-2-1-3-10-20)27(32)29-31-25-15-6-7-16-26(25)34-29/h1-16,22,24H,17-18H2,(H2,30,33). The summed E-state index contributed by atoms with van der Waals surface area (Å²) in [5, 5.41) is 2.05. The van der Waals surface area contributed by atoms with Crippen molar-refractivity contribution < 1.29 is 14.0 Å². The number of carbonyl (C=O) groups is 2. The molecule has 1 amide bonds. The molecule has 5 heteroatoms. The summed E-state index contributed by atoms with van der Waals surface area (Å²) in [5.74, 6) is -1.56. The minimum atomic E-state index is -0.520. The zero-order valence-corrected chi connectivity index (χ0v) is 18.6. The average molecular weight is 449 g/mol. The average Bonchev–Trinajstić information content (AvgIpc) is 3.31. The van der Waals surface area contributed by atoms with Crippen molar-refractivity contribution in [3.63, 3.8) is 0 Å². The Morgan fingerprint density at radius 1 is 0.765 bits per heavy atom. The predicted molar refractivity (Wildman–Crippen MR) is 133 cm³/mol. The highest BCUT2D eigenvalue weighted by Gasteiger charge is 2.29. The Kier molecular flexibility index (Phi) is 5.91. The van der Waals surface area contributed by atoms with Gasteiger partial charge in [-0.2, -0.15) is 0 Å². The minimum absolute atomic E-state index is 0.0795. The summed E-state index contributed by atoms with van der Waals surface area (Å²) in [6.07, 6.45) is 0.854. The number of hydrogen-bond acceptors (Lipinski definition) is 4. The maximum absolute atomic E-state index is 13.6. The molecule has 2 unspecified atom stereocenters. The SMILES string of the molecule is NC(=O)C(CCC(C(=O)c1nc2ccccc2o1)c1ccccc1)c1cccc2ccccc12. The van der Waals surface area contributed by atoms with Crippen molar-refractivity contribution >= 4 is 33.6 Å². The molecule has 2 N–H and O–H groups in total. The fourth-order valence-corrected chi connectivity index (χ4v) is 4.60. The third kappa shape index (κ3) is 4.20. The lowest BCUT2D eigenvalue weighted by Gasteiger charge is -2.20. The third-order valence-electron chi connectivity index (χ3n) is 6.31. The van der Waals surface area contributed by atoms with Crippen molar-refractivity contribution in [3.05, 3.63) is 114 Å². The molecule has 0 aliphatic carbocycles. The molecule has 0 spiro atoms. The van der Waals surface area contributed by atoms with Crippen LogP contribution in [0.15, 0.2) is 101 Å². The largest absolute Gasteiger partial charge is 0.434 e.